The number of amides is 1. The van der Waals surface area contributed by atoms with Crippen molar-refractivity contribution in [3.8, 4) is 0 Å². The van der Waals surface area contributed by atoms with Crippen LogP contribution in [0.1, 0.15) is 11.1 Å². The molecule has 0 fully saturated rings. The lowest BCUT2D eigenvalue weighted by atomic mass is 10.2. The molecule has 0 atom stereocenters. The second-order valence-corrected chi connectivity index (χ2v) is 4.10. The van der Waals surface area contributed by atoms with Gasteiger partial charge in [-0.15, -0.1) is 0 Å². The van der Waals surface area contributed by atoms with Crippen molar-refractivity contribution in [2.45, 2.75) is 6.92 Å². The first-order valence-electron chi connectivity index (χ1n) is 5.85. The third kappa shape index (κ3) is 3.59. The van der Waals surface area contributed by atoms with Gasteiger partial charge < -0.3 is 5.32 Å². The van der Waals surface area contributed by atoms with Gasteiger partial charge in [-0.25, -0.2) is 0 Å². The SMILES string of the molecule is Cc1ccc(NC(=O)/C=C\c2ccccc2)cc1. The Bertz CT molecular complexity index is 541. The smallest absolute Gasteiger partial charge is 0.248 e. The summed E-state index contributed by atoms with van der Waals surface area (Å²) in [7, 11) is 0. The van der Waals surface area contributed by atoms with Crippen LogP contribution in [0.15, 0.2) is 60.7 Å². The van der Waals surface area contributed by atoms with Gasteiger partial charge in [-0.2, -0.15) is 0 Å². The molecule has 0 aliphatic carbocycles. The van der Waals surface area contributed by atoms with Crippen LogP contribution in [0.5, 0.6) is 0 Å². The van der Waals surface area contributed by atoms with Gasteiger partial charge in [0.05, 0.1) is 0 Å². The number of anilines is 1. The minimum atomic E-state index is -0.122. The number of aryl methyl sites for hydroxylation is 1. The highest BCUT2D eigenvalue weighted by molar-refractivity contribution is 6.01. The minimum absolute atomic E-state index is 0.122. The van der Waals surface area contributed by atoms with Crippen LogP contribution >= 0.6 is 0 Å². The Morgan fingerprint density at radius 1 is 1.00 bits per heavy atom. The highest BCUT2D eigenvalue weighted by atomic mass is 16.1. The molecule has 2 aromatic carbocycles. The zero-order chi connectivity index (χ0) is 12.8. The molecular weight excluding hydrogens is 222 g/mol. The summed E-state index contributed by atoms with van der Waals surface area (Å²) < 4.78 is 0. The van der Waals surface area contributed by atoms with E-state index in [1.54, 1.807) is 6.08 Å². The summed E-state index contributed by atoms with van der Waals surface area (Å²) in [5, 5.41) is 2.81. The number of nitrogens with one attached hydrogen (secondary N) is 1. The number of benzene rings is 2. The van der Waals surface area contributed by atoms with Crippen molar-refractivity contribution in [2.24, 2.45) is 0 Å². The molecule has 0 unspecified atom stereocenters. The molecule has 0 aliphatic rings. The van der Waals surface area contributed by atoms with Crippen LogP contribution in [-0.4, -0.2) is 5.91 Å². The molecule has 1 amide bonds. The molecule has 1 N–H and O–H groups in total. The van der Waals surface area contributed by atoms with Crippen LogP contribution in [0.3, 0.4) is 0 Å². The van der Waals surface area contributed by atoms with Crippen molar-refractivity contribution in [3.63, 3.8) is 0 Å². The van der Waals surface area contributed by atoms with E-state index in [0.29, 0.717) is 0 Å². The summed E-state index contributed by atoms with van der Waals surface area (Å²) in [6, 6.07) is 17.5. The number of carbonyl (C=O) groups excluding carboxylic acids is 1. The van der Waals surface area contributed by atoms with Crippen molar-refractivity contribution >= 4 is 17.7 Å². The first-order chi connectivity index (χ1) is 8.74. The fourth-order valence-electron chi connectivity index (χ4n) is 1.56. The van der Waals surface area contributed by atoms with E-state index in [0.717, 1.165) is 11.3 Å². The Morgan fingerprint density at radius 3 is 2.33 bits per heavy atom. The van der Waals surface area contributed by atoms with E-state index in [1.807, 2.05) is 61.5 Å². The lowest BCUT2D eigenvalue weighted by molar-refractivity contribution is -0.111. The second kappa shape index (κ2) is 5.82. The molecule has 90 valence electrons. The molecule has 0 aromatic heterocycles. The van der Waals surface area contributed by atoms with Gasteiger partial charge in [0.2, 0.25) is 5.91 Å². The van der Waals surface area contributed by atoms with Gasteiger partial charge in [0.25, 0.3) is 0 Å². The zero-order valence-electron chi connectivity index (χ0n) is 10.3. The Kier molecular flexibility index (Phi) is 3.92. The first-order valence-corrected chi connectivity index (χ1v) is 5.85. The molecule has 0 saturated heterocycles. The topological polar surface area (TPSA) is 29.1 Å². The van der Waals surface area contributed by atoms with Crippen molar-refractivity contribution < 1.29 is 4.79 Å². The molecule has 0 radical (unpaired) electrons. The molecule has 0 saturated carbocycles. The van der Waals surface area contributed by atoms with Crippen LogP contribution in [0.4, 0.5) is 5.69 Å². The third-order valence-corrected chi connectivity index (χ3v) is 2.55. The van der Waals surface area contributed by atoms with E-state index in [9.17, 15) is 4.79 Å². The predicted octanol–water partition coefficient (Wildman–Crippen LogP) is 3.65. The Labute approximate surface area is 107 Å². The number of hydrogen-bond donors (Lipinski definition) is 1. The van der Waals surface area contributed by atoms with Crippen LogP contribution in [0, 0.1) is 6.92 Å². The molecule has 2 nitrogen and oxygen atoms in total. The lowest BCUT2D eigenvalue weighted by Crippen LogP contribution is -2.07. The van der Waals surface area contributed by atoms with Crippen LogP contribution < -0.4 is 5.32 Å². The van der Waals surface area contributed by atoms with Crippen molar-refractivity contribution in [2.75, 3.05) is 5.32 Å². The van der Waals surface area contributed by atoms with Crippen molar-refractivity contribution in [1.29, 1.82) is 0 Å². The van der Waals surface area contributed by atoms with E-state index < -0.39 is 0 Å². The van der Waals surface area contributed by atoms with Gasteiger partial charge in [-0.1, -0.05) is 48.0 Å². The maximum atomic E-state index is 11.7. The fourth-order valence-corrected chi connectivity index (χ4v) is 1.56. The Balaban J connectivity index is 1.97. The second-order valence-electron chi connectivity index (χ2n) is 4.10. The van der Waals surface area contributed by atoms with Crippen molar-refractivity contribution in [3.05, 3.63) is 71.8 Å². The molecule has 0 spiro atoms. The summed E-state index contributed by atoms with van der Waals surface area (Å²) in [5.41, 5.74) is 2.99. The normalized spacial score (nSPS) is 10.5. The number of carbonyl (C=O) groups is 1. The summed E-state index contributed by atoms with van der Waals surface area (Å²) in [5.74, 6) is -0.122. The molecule has 18 heavy (non-hydrogen) atoms. The Hall–Kier alpha value is -2.35. The summed E-state index contributed by atoms with van der Waals surface area (Å²) in [4.78, 5) is 11.7. The van der Waals surface area contributed by atoms with Gasteiger partial charge in [0.15, 0.2) is 0 Å². The average molecular weight is 237 g/mol. The molecule has 2 aromatic rings. The quantitative estimate of drug-likeness (QED) is 0.811. The molecule has 0 bridgehead atoms. The van der Waals surface area contributed by atoms with E-state index in [1.165, 1.54) is 11.6 Å². The summed E-state index contributed by atoms with van der Waals surface area (Å²) in [6.45, 7) is 2.01. The van der Waals surface area contributed by atoms with Crippen LogP contribution in [0.2, 0.25) is 0 Å². The van der Waals surface area contributed by atoms with Gasteiger partial charge in [0, 0.05) is 11.8 Å². The summed E-state index contributed by atoms with van der Waals surface area (Å²) >= 11 is 0. The van der Waals surface area contributed by atoms with Gasteiger partial charge in [0.1, 0.15) is 0 Å². The maximum Gasteiger partial charge on any atom is 0.248 e. The van der Waals surface area contributed by atoms with E-state index in [2.05, 4.69) is 5.32 Å². The van der Waals surface area contributed by atoms with Crippen LogP contribution in [-0.2, 0) is 4.79 Å². The number of rotatable bonds is 3. The van der Waals surface area contributed by atoms with E-state index in [4.69, 9.17) is 0 Å². The monoisotopic (exact) mass is 237 g/mol. The zero-order valence-corrected chi connectivity index (χ0v) is 10.3. The average Bonchev–Trinajstić information content (AvgIpc) is 2.40. The maximum absolute atomic E-state index is 11.7. The van der Waals surface area contributed by atoms with Gasteiger partial charge in [-0.3, -0.25) is 4.79 Å². The van der Waals surface area contributed by atoms with Gasteiger partial charge in [-0.05, 0) is 30.7 Å². The highest BCUT2D eigenvalue weighted by Crippen LogP contribution is 2.09. The first kappa shape index (κ1) is 12.1. The van der Waals surface area contributed by atoms with Gasteiger partial charge >= 0.3 is 0 Å². The third-order valence-electron chi connectivity index (χ3n) is 2.55. The largest absolute Gasteiger partial charge is 0.323 e. The molecule has 2 rings (SSSR count). The fraction of sp³-hybridized carbons (Fsp3) is 0.0625. The summed E-state index contributed by atoms with van der Waals surface area (Å²) in [6.07, 6.45) is 3.33. The van der Waals surface area contributed by atoms with E-state index >= 15 is 0 Å². The molecular formula is C16H15NO. The van der Waals surface area contributed by atoms with Crippen LogP contribution in [0.25, 0.3) is 6.08 Å². The molecule has 2 heteroatoms. The lowest BCUT2D eigenvalue weighted by Gasteiger charge is -2.02. The predicted molar refractivity (Wildman–Crippen MR) is 75.3 cm³/mol. The highest BCUT2D eigenvalue weighted by Gasteiger charge is 1.96. The molecule has 0 aliphatic heterocycles. The molecule has 0 heterocycles. The van der Waals surface area contributed by atoms with E-state index in [-0.39, 0.29) is 5.91 Å². The minimum Gasteiger partial charge on any atom is -0.323 e. The Morgan fingerprint density at radius 2 is 1.67 bits per heavy atom. The standard InChI is InChI=1S/C16H15NO/c1-13-7-10-15(11-8-13)17-16(18)12-9-14-5-3-2-4-6-14/h2-12H,1H3,(H,17,18)/b12-9-. The van der Waals surface area contributed by atoms with Crippen molar-refractivity contribution in [1.82, 2.24) is 0 Å². The number of hydrogen-bond acceptors (Lipinski definition) is 1.